The molecule has 4 aromatic rings. The molecule has 0 bridgehead atoms. The first-order chi connectivity index (χ1) is 18.4. The Labute approximate surface area is 227 Å². The lowest BCUT2D eigenvalue weighted by molar-refractivity contribution is 0.102. The van der Waals surface area contributed by atoms with E-state index in [1.165, 1.54) is 18.3 Å². The smallest absolute Gasteiger partial charge is 0.257 e. The van der Waals surface area contributed by atoms with Gasteiger partial charge in [0.05, 0.1) is 41.3 Å². The average molecular weight is 566 g/mol. The molecule has 10 nitrogen and oxygen atoms in total. The number of hydrogen-bond acceptors (Lipinski definition) is 8. The molecule has 0 fully saturated rings. The van der Waals surface area contributed by atoms with Crippen molar-refractivity contribution in [3.8, 4) is 11.3 Å². The Morgan fingerprint density at radius 2 is 1.62 bits per heavy atom. The maximum atomic E-state index is 12.5. The zero-order valence-corrected chi connectivity index (χ0v) is 23.1. The molecule has 4 rings (SSSR count). The summed E-state index contributed by atoms with van der Waals surface area (Å²) in [5, 5.41) is 2.89. The highest BCUT2D eigenvalue weighted by Gasteiger charge is 2.27. The Morgan fingerprint density at radius 3 is 2.26 bits per heavy atom. The van der Waals surface area contributed by atoms with Crippen molar-refractivity contribution in [2.24, 2.45) is 0 Å². The van der Waals surface area contributed by atoms with E-state index in [-0.39, 0.29) is 17.5 Å². The molecule has 2 aromatic heterocycles. The number of nitrogens with zero attached hydrogens (tertiary/aromatic N) is 4. The standard InChI is InChI=1S/C27H27N5O5S2/c1-19(21-6-4-8-23(15-21)31-27(33)22-7-5-13-28-16-22)14-24-17-29-18-26(30-24)20-9-11-25(12-10-20)32(38(2,34)35)39(3,36)37/h4-13,15-19H,14H2,1-3H3,(H,31,33)/t19-/m1/s1. The summed E-state index contributed by atoms with van der Waals surface area (Å²) >= 11 is 0. The van der Waals surface area contributed by atoms with Gasteiger partial charge in [-0.3, -0.25) is 14.8 Å². The summed E-state index contributed by atoms with van der Waals surface area (Å²) in [6.45, 7) is 2.05. The number of hydrogen-bond donors (Lipinski definition) is 1. The second kappa shape index (κ2) is 11.3. The molecular formula is C27H27N5O5S2. The molecule has 202 valence electrons. The second-order valence-corrected chi connectivity index (χ2v) is 13.0. The molecule has 2 aromatic carbocycles. The van der Waals surface area contributed by atoms with Crippen molar-refractivity contribution >= 4 is 37.3 Å². The van der Waals surface area contributed by atoms with Crippen molar-refractivity contribution < 1.29 is 21.6 Å². The van der Waals surface area contributed by atoms with Crippen LogP contribution in [0.2, 0.25) is 0 Å². The maximum Gasteiger partial charge on any atom is 0.257 e. The Balaban J connectivity index is 1.49. The highest BCUT2D eigenvalue weighted by atomic mass is 32.3. The number of pyridine rings is 1. The Kier molecular flexibility index (Phi) is 8.07. The highest BCUT2D eigenvalue weighted by molar-refractivity contribution is 8.09. The monoisotopic (exact) mass is 565 g/mol. The van der Waals surface area contributed by atoms with Crippen molar-refractivity contribution in [3.63, 3.8) is 0 Å². The van der Waals surface area contributed by atoms with Gasteiger partial charge in [-0.15, -0.1) is 0 Å². The van der Waals surface area contributed by atoms with Gasteiger partial charge >= 0.3 is 0 Å². The van der Waals surface area contributed by atoms with E-state index >= 15 is 0 Å². The number of aromatic nitrogens is 3. The average Bonchev–Trinajstić information content (AvgIpc) is 2.88. The molecule has 1 amide bonds. The minimum atomic E-state index is -4.03. The number of amides is 1. The van der Waals surface area contributed by atoms with Crippen molar-refractivity contribution in [3.05, 3.63) is 102 Å². The van der Waals surface area contributed by atoms with Gasteiger partial charge in [-0.25, -0.2) is 21.8 Å². The van der Waals surface area contributed by atoms with Crippen LogP contribution in [0.15, 0.2) is 85.5 Å². The van der Waals surface area contributed by atoms with Gasteiger partial charge in [0.1, 0.15) is 0 Å². The van der Waals surface area contributed by atoms with Crippen LogP contribution in [0.3, 0.4) is 0 Å². The molecule has 0 aliphatic rings. The van der Waals surface area contributed by atoms with Gasteiger partial charge in [-0.05, 0) is 54.3 Å². The van der Waals surface area contributed by atoms with E-state index in [2.05, 4.69) is 22.2 Å². The number of carbonyl (C=O) groups is 1. The third-order valence-electron chi connectivity index (χ3n) is 5.81. The summed E-state index contributed by atoms with van der Waals surface area (Å²) in [7, 11) is -8.06. The van der Waals surface area contributed by atoms with E-state index < -0.39 is 20.0 Å². The summed E-state index contributed by atoms with van der Waals surface area (Å²) < 4.78 is 48.5. The molecule has 1 N–H and O–H groups in total. The first-order valence-corrected chi connectivity index (χ1v) is 15.5. The Morgan fingerprint density at radius 1 is 0.897 bits per heavy atom. The lowest BCUT2D eigenvalue weighted by atomic mass is 9.96. The summed E-state index contributed by atoms with van der Waals surface area (Å²) in [6.07, 6.45) is 8.63. The molecule has 0 aliphatic heterocycles. The predicted molar refractivity (Wildman–Crippen MR) is 150 cm³/mol. The topological polar surface area (TPSA) is 139 Å². The number of nitrogens with one attached hydrogen (secondary N) is 1. The predicted octanol–water partition coefficient (Wildman–Crippen LogP) is 3.86. The number of anilines is 2. The number of carbonyl (C=O) groups excluding carboxylic acids is 1. The van der Waals surface area contributed by atoms with Crippen LogP contribution in [0.1, 0.15) is 34.5 Å². The van der Waals surface area contributed by atoms with Crippen molar-refractivity contribution in [1.82, 2.24) is 15.0 Å². The van der Waals surface area contributed by atoms with E-state index in [0.29, 0.717) is 32.6 Å². The molecule has 0 saturated carbocycles. The maximum absolute atomic E-state index is 12.5. The molecule has 0 saturated heterocycles. The summed E-state index contributed by atoms with van der Waals surface area (Å²) in [4.78, 5) is 25.5. The van der Waals surface area contributed by atoms with E-state index in [1.54, 1.807) is 42.9 Å². The van der Waals surface area contributed by atoms with Gasteiger partial charge in [0.15, 0.2) is 0 Å². The number of benzene rings is 2. The third kappa shape index (κ3) is 7.03. The van der Waals surface area contributed by atoms with Crippen LogP contribution in [0.5, 0.6) is 0 Å². The first kappa shape index (κ1) is 27.9. The zero-order valence-electron chi connectivity index (χ0n) is 21.5. The molecule has 12 heteroatoms. The van der Waals surface area contributed by atoms with E-state index in [4.69, 9.17) is 4.98 Å². The van der Waals surface area contributed by atoms with Crippen molar-refractivity contribution in [1.29, 1.82) is 0 Å². The van der Waals surface area contributed by atoms with Gasteiger partial charge in [0, 0.05) is 29.8 Å². The molecule has 1 atom stereocenters. The van der Waals surface area contributed by atoms with Crippen molar-refractivity contribution in [2.75, 3.05) is 21.5 Å². The molecule has 0 spiro atoms. The van der Waals surface area contributed by atoms with Gasteiger partial charge in [-0.2, -0.15) is 3.71 Å². The first-order valence-electron chi connectivity index (χ1n) is 11.8. The van der Waals surface area contributed by atoms with Crippen LogP contribution in [0.25, 0.3) is 11.3 Å². The molecular weight excluding hydrogens is 538 g/mol. The normalized spacial score (nSPS) is 12.5. The quantitative estimate of drug-likeness (QED) is 0.323. The fourth-order valence-electron chi connectivity index (χ4n) is 4.08. The van der Waals surface area contributed by atoms with E-state index in [0.717, 1.165) is 23.8 Å². The van der Waals surface area contributed by atoms with E-state index in [1.807, 2.05) is 24.3 Å². The number of sulfonamides is 2. The molecule has 0 aliphatic carbocycles. The van der Waals surface area contributed by atoms with Gasteiger partial charge < -0.3 is 5.32 Å². The molecule has 39 heavy (non-hydrogen) atoms. The molecule has 2 heterocycles. The minimum absolute atomic E-state index is 0.0111. The number of rotatable bonds is 9. The zero-order chi connectivity index (χ0) is 28.2. The van der Waals surface area contributed by atoms with Crippen LogP contribution >= 0.6 is 0 Å². The lowest BCUT2D eigenvalue weighted by Gasteiger charge is -2.19. The summed E-state index contributed by atoms with van der Waals surface area (Å²) in [5.74, 6) is -0.182. The fourth-order valence-corrected chi connectivity index (χ4v) is 7.06. The van der Waals surface area contributed by atoms with Gasteiger partial charge in [-0.1, -0.05) is 31.2 Å². The van der Waals surface area contributed by atoms with Crippen molar-refractivity contribution in [2.45, 2.75) is 19.3 Å². The van der Waals surface area contributed by atoms with Crippen LogP contribution in [-0.2, 0) is 26.5 Å². The molecule has 0 unspecified atom stereocenters. The van der Waals surface area contributed by atoms with Gasteiger partial charge in [0.2, 0.25) is 20.0 Å². The van der Waals surface area contributed by atoms with Crippen LogP contribution < -0.4 is 9.03 Å². The van der Waals surface area contributed by atoms with Crippen LogP contribution in [0.4, 0.5) is 11.4 Å². The second-order valence-electron chi connectivity index (χ2n) is 9.09. The summed E-state index contributed by atoms with van der Waals surface area (Å²) in [5.41, 5.74) is 4.12. The van der Waals surface area contributed by atoms with Crippen LogP contribution in [-0.4, -0.2) is 50.2 Å². The Bertz CT molecular complexity index is 1660. The van der Waals surface area contributed by atoms with E-state index in [9.17, 15) is 21.6 Å². The Hall–Kier alpha value is -4.16. The SMILES string of the molecule is C[C@H](Cc1cncc(-c2ccc(N(S(C)(=O)=O)S(C)(=O)=O)cc2)n1)c1cccc(NC(=O)c2cccnc2)c1. The lowest BCUT2D eigenvalue weighted by Crippen LogP contribution is -2.35. The van der Waals surface area contributed by atoms with Gasteiger partial charge in [0.25, 0.3) is 5.91 Å². The minimum Gasteiger partial charge on any atom is -0.322 e. The van der Waals surface area contributed by atoms with Crippen LogP contribution in [0, 0.1) is 0 Å². The third-order valence-corrected chi connectivity index (χ3v) is 9.06. The highest BCUT2D eigenvalue weighted by Crippen LogP contribution is 2.27. The largest absolute Gasteiger partial charge is 0.322 e. The molecule has 0 radical (unpaired) electrons. The summed E-state index contributed by atoms with van der Waals surface area (Å²) in [6, 6.07) is 17.0. The fraction of sp³-hybridized carbons (Fsp3) is 0.185.